The standard InChI is InChI=1S/C44H22I2/c45-35-21-33-27-15-7-13-25(23-9-3-1-4-10-23)37(27)31-19-17-29-36(46)22-34-28-16-8-14-26(24-11-5-2-6-12-24)38(28)32-20-18-30(35)40-42(32)44(34)39(29)41(31)43(33)40/h1-22H. The van der Waals surface area contributed by atoms with Crippen LogP contribution >= 0.6 is 45.2 Å². The van der Waals surface area contributed by atoms with Crippen molar-refractivity contribution >= 4 is 131 Å². The molecule has 0 aliphatic carbocycles. The Balaban J connectivity index is 1.50. The molecule has 0 N–H and O–H groups in total. The first-order valence-corrected chi connectivity index (χ1v) is 17.8. The van der Waals surface area contributed by atoms with Crippen LogP contribution in [0.15, 0.2) is 133 Å². The molecule has 0 aromatic heterocycles. The molecule has 0 amide bonds. The Bertz CT molecular complexity index is 2800. The van der Waals surface area contributed by atoms with Crippen LogP contribution in [0.25, 0.3) is 108 Å². The third-order valence-electron chi connectivity index (χ3n) is 10.4. The predicted molar refractivity (Wildman–Crippen MR) is 216 cm³/mol. The topological polar surface area (TPSA) is 0 Å². The zero-order valence-electron chi connectivity index (χ0n) is 24.5. The predicted octanol–water partition coefficient (Wildman–Crippen LogP) is 13.8. The van der Waals surface area contributed by atoms with Gasteiger partial charge in [-0.3, -0.25) is 0 Å². The van der Waals surface area contributed by atoms with Gasteiger partial charge in [0.2, 0.25) is 0 Å². The lowest BCUT2D eigenvalue weighted by Gasteiger charge is -2.25. The molecule has 11 aromatic carbocycles. The van der Waals surface area contributed by atoms with Gasteiger partial charge in [-0.15, -0.1) is 0 Å². The highest BCUT2D eigenvalue weighted by Gasteiger charge is 2.27. The molecule has 0 radical (unpaired) electrons. The molecule has 0 atom stereocenters. The molecule has 11 rings (SSSR count). The zero-order valence-corrected chi connectivity index (χ0v) is 28.8. The van der Waals surface area contributed by atoms with Gasteiger partial charge in [-0.05, 0) is 166 Å². The lowest BCUT2D eigenvalue weighted by atomic mass is 9.78. The van der Waals surface area contributed by atoms with Gasteiger partial charge >= 0.3 is 0 Å². The number of halogens is 2. The van der Waals surface area contributed by atoms with Crippen LogP contribution in [0.5, 0.6) is 0 Å². The first-order valence-electron chi connectivity index (χ1n) is 15.7. The minimum atomic E-state index is 1.26. The van der Waals surface area contributed by atoms with Gasteiger partial charge in [-0.2, -0.15) is 0 Å². The van der Waals surface area contributed by atoms with Crippen LogP contribution in [0.4, 0.5) is 0 Å². The van der Waals surface area contributed by atoms with Gasteiger partial charge in [-0.1, -0.05) is 121 Å². The van der Waals surface area contributed by atoms with Crippen LogP contribution in [0.2, 0.25) is 0 Å². The summed E-state index contributed by atoms with van der Waals surface area (Å²) in [6.07, 6.45) is 0. The second-order valence-electron chi connectivity index (χ2n) is 12.6. The van der Waals surface area contributed by atoms with Crippen molar-refractivity contribution in [2.24, 2.45) is 0 Å². The molecule has 46 heavy (non-hydrogen) atoms. The van der Waals surface area contributed by atoms with E-state index < -0.39 is 0 Å². The molecule has 0 aliphatic heterocycles. The Hall–Kier alpha value is -4.26. The summed E-state index contributed by atoms with van der Waals surface area (Å²) in [4.78, 5) is 0. The van der Waals surface area contributed by atoms with E-state index in [1.54, 1.807) is 0 Å². The first kappa shape index (κ1) is 25.9. The van der Waals surface area contributed by atoms with Crippen molar-refractivity contribution in [3.05, 3.63) is 141 Å². The SMILES string of the molecule is Ic1cc2c3cccc(-c4ccccc4)c3c3ccc4c(I)cc5c6cccc(-c7ccccc7)c6c6ccc1c1c2c3c4c5c61. The third kappa shape index (κ3) is 3.14. The lowest BCUT2D eigenvalue weighted by molar-refractivity contribution is 1.66. The highest BCUT2D eigenvalue weighted by Crippen LogP contribution is 2.55. The van der Waals surface area contributed by atoms with E-state index in [4.69, 9.17) is 0 Å². The minimum absolute atomic E-state index is 1.26. The molecule has 0 fully saturated rings. The number of rotatable bonds is 2. The summed E-state index contributed by atoms with van der Waals surface area (Å²) in [7, 11) is 0. The molecule has 0 heterocycles. The van der Waals surface area contributed by atoms with Crippen molar-refractivity contribution in [2.45, 2.75) is 0 Å². The summed E-state index contributed by atoms with van der Waals surface area (Å²) in [6.45, 7) is 0. The molecule has 212 valence electrons. The van der Waals surface area contributed by atoms with Gasteiger partial charge in [0.05, 0.1) is 0 Å². The number of hydrogen-bond acceptors (Lipinski definition) is 0. The molecule has 0 aliphatic rings. The fourth-order valence-electron chi connectivity index (χ4n) is 8.68. The van der Waals surface area contributed by atoms with E-state index in [9.17, 15) is 0 Å². The van der Waals surface area contributed by atoms with Crippen LogP contribution in [0.1, 0.15) is 0 Å². The Labute approximate surface area is 291 Å². The van der Waals surface area contributed by atoms with E-state index >= 15 is 0 Å². The van der Waals surface area contributed by atoms with Gasteiger partial charge in [-0.25, -0.2) is 0 Å². The van der Waals surface area contributed by atoms with Crippen LogP contribution in [0, 0.1) is 7.14 Å². The van der Waals surface area contributed by atoms with E-state index in [0.717, 1.165) is 0 Å². The van der Waals surface area contributed by atoms with Gasteiger partial charge in [0.25, 0.3) is 0 Å². The van der Waals surface area contributed by atoms with Crippen molar-refractivity contribution < 1.29 is 0 Å². The maximum Gasteiger partial charge on any atom is 0.0215 e. The van der Waals surface area contributed by atoms with E-state index in [1.165, 1.54) is 116 Å². The number of benzene rings is 11. The highest BCUT2D eigenvalue weighted by molar-refractivity contribution is 14.1. The Morgan fingerprint density at radius 3 is 1.07 bits per heavy atom. The largest absolute Gasteiger partial charge is 0.0622 e. The molecule has 0 saturated heterocycles. The van der Waals surface area contributed by atoms with Crippen molar-refractivity contribution in [3.8, 4) is 22.3 Å². The molecule has 0 saturated carbocycles. The second-order valence-corrected chi connectivity index (χ2v) is 14.9. The number of hydrogen-bond donors (Lipinski definition) is 0. The maximum atomic E-state index is 2.59. The normalized spacial score (nSPS) is 12.6. The Kier molecular flexibility index (Phi) is 5.16. The molecule has 11 aromatic rings. The van der Waals surface area contributed by atoms with Crippen molar-refractivity contribution in [2.75, 3.05) is 0 Å². The van der Waals surface area contributed by atoms with Crippen molar-refractivity contribution in [3.63, 3.8) is 0 Å². The minimum Gasteiger partial charge on any atom is -0.0622 e. The van der Waals surface area contributed by atoms with Gasteiger partial charge < -0.3 is 0 Å². The summed E-state index contributed by atoms with van der Waals surface area (Å²) in [5.74, 6) is 0. The highest BCUT2D eigenvalue weighted by atomic mass is 127. The van der Waals surface area contributed by atoms with Crippen LogP contribution in [-0.2, 0) is 0 Å². The van der Waals surface area contributed by atoms with E-state index in [1.807, 2.05) is 0 Å². The smallest absolute Gasteiger partial charge is 0.0215 e. The average Bonchev–Trinajstić information content (AvgIpc) is 3.11. The van der Waals surface area contributed by atoms with Crippen molar-refractivity contribution in [1.29, 1.82) is 0 Å². The van der Waals surface area contributed by atoms with Crippen LogP contribution in [-0.4, -0.2) is 0 Å². The maximum absolute atomic E-state index is 2.59. The average molecular weight is 804 g/mol. The monoisotopic (exact) mass is 804 g/mol. The molecular weight excluding hydrogens is 782 g/mol. The molecule has 0 spiro atoms. The molecule has 0 unspecified atom stereocenters. The molecule has 0 nitrogen and oxygen atoms in total. The summed E-state index contributed by atoms with van der Waals surface area (Å²) < 4.78 is 2.61. The first-order chi connectivity index (χ1) is 22.7. The van der Waals surface area contributed by atoms with E-state index in [2.05, 4.69) is 179 Å². The molecular formula is C44H22I2. The second kappa shape index (κ2) is 9.18. The Morgan fingerprint density at radius 2 is 0.630 bits per heavy atom. The Morgan fingerprint density at radius 1 is 0.261 bits per heavy atom. The lowest BCUT2D eigenvalue weighted by Crippen LogP contribution is -1.98. The van der Waals surface area contributed by atoms with Gasteiger partial charge in [0.15, 0.2) is 0 Å². The van der Waals surface area contributed by atoms with Crippen LogP contribution in [0.3, 0.4) is 0 Å². The summed E-state index contributed by atoms with van der Waals surface area (Å²) >= 11 is 5.17. The zero-order chi connectivity index (χ0) is 30.3. The summed E-state index contributed by atoms with van der Waals surface area (Å²) in [5, 5.41) is 21.9. The van der Waals surface area contributed by atoms with E-state index in [-0.39, 0.29) is 0 Å². The molecule has 0 bridgehead atoms. The summed E-state index contributed by atoms with van der Waals surface area (Å²) in [5.41, 5.74) is 5.12. The van der Waals surface area contributed by atoms with Gasteiger partial charge in [0, 0.05) is 7.14 Å². The van der Waals surface area contributed by atoms with Crippen LogP contribution < -0.4 is 0 Å². The third-order valence-corrected chi connectivity index (χ3v) is 12.2. The number of fused-ring (bicyclic) bond motifs is 6. The fourth-order valence-corrected chi connectivity index (χ4v) is 10.2. The summed E-state index contributed by atoms with van der Waals surface area (Å²) in [6, 6.07) is 50.1. The quantitative estimate of drug-likeness (QED) is 0.0928. The van der Waals surface area contributed by atoms with E-state index in [0.29, 0.717) is 0 Å². The van der Waals surface area contributed by atoms with Crippen molar-refractivity contribution in [1.82, 2.24) is 0 Å². The molecule has 2 heteroatoms. The van der Waals surface area contributed by atoms with Gasteiger partial charge in [0.1, 0.15) is 0 Å². The fraction of sp³-hybridized carbons (Fsp3) is 0.